The second-order valence-electron chi connectivity index (χ2n) is 5.44. The van der Waals surface area contributed by atoms with E-state index in [0.29, 0.717) is 25.5 Å². The van der Waals surface area contributed by atoms with Crippen LogP contribution >= 0.6 is 24.0 Å². The van der Waals surface area contributed by atoms with Crippen molar-refractivity contribution < 1.29 is 9.53 Å². The second kappa shape index (κ2) is 12.0. The Hall–Kier alpha value is -0.570. The Kier molecular flexibility index (Phi) is 13.0. The zero-order chi connectivity index (χ0) is 15.6. The van der Waals surface area contributed by atoms with Crippen LogP contribution in [0.4, 0.5) is 0 Å². The fourth-order valence-corrected chi connectivity index (χ4v) is 1.33. The van der Waals surface area contributed by atoms with Gasteiger partial charge in [0, 0.05) is 39.7 Å². The van der Waals surface area contributed by atoms with E-state index in [1.807, 2.05) is 27.7 Å². The van der Waals surface area contributed by atoms with Crippen LogP contribution in [0.25, 0.3) is 0 Å². The molecule has 0 aliphatic heterocycles. The highest BCUT2D eigenvalue weighted by Crippen LogP contribution is 2.04. The SMILES string of the molecule is CCC(C)NC(=O)CCNC(=NC)NCC(C)(C)OC.I. The molecule has 0 fully saturated rings. The summed E-state index contributed by atoms with van der Waals surface area (Å²) in [6, 6.07) is 0.224. The first kappa shape index (κ1) is 22.7. The molecular formula is C14H31IN4O2. The summed E-state index contributed by atoms with van der Waals surface area (Å²) in [6.45, 7) is 9.22. The first-order valence-corrected chi connectivity index (χ1v) is 7.13. The Balaban J connectivity index is 0. The van der Waals surface area contributed by atoms with E-state index in [2.05, 4.69) is 20.9 Å². The minimum atomic E-state index is -0.258. The van der Waals surface area contributed by atoms with Gasteiger partial charge in [-0.3, -0.25) is 9.79 Å². The number of nitrogens with one attached hydrogen (secondary N) is 3. The lowest BCUT2D eigenvalue weighted by molar-refractivity contribution is -0.121. The number of carbonyl (C=O) groups excluding carboxylic acids is 1. The number of methoxy groups -OCH3 is 1. The van der Waals surface area contributed by atoms with Crippen molar-refractivity contribution in [3.05, 3.63) is 0 Å². The molecule has 0 spiro atoms. The topological polar surface area (TPSA) is 74.8 Å². The van der Waals surface area contributed by atoms with Crippen molar-refractivity contribution >= 4 is 35.8 Å². The van der Waals surface area contributed by atoms with Crippen LogP contribution in [0.5, 0.6) is 0 Å². The quantitative estimate of drug-likeness (QED) is 0.320. The number of guanidine groups is 1. The summed E-state index contributed by atoms with van der Waals surface area (Å²) in [4.78, 5) is 15.7. The summed E-state index contributed by atoms with van der Waals surface area (Å²) >= 11 is 0. The lowest BCUT2D eigenvalue weighted by Crippen LogP contribution is -2.46. The number of ether oxygens (including phenoxy) is 1. The lowest BCUT2D eigenvalue weighted by atomic mass is 10.1. The van der Waals surface area contributed by atoms with Crippen LogP contribution < -0.4 is 16.0 Å². The highest BCUT2D eigenvalue weighted by molar-refractivity contribution is 14.0. The van der Waals surface area contributed by atoms with Crippen LogP contribution in [-0.2, 0) is 9.53 Å². The molecule has 1 unspecified atom stereocenters. The number of aliphatic imine (C=N–C) groups is 1. The van der Waals surface area contributed by atoms with Gasteiger partial charge < -0.3 is 20.7 Å². The van der Waals surface area contributed by atoms with Crippen molar-refractivity contribution in [2.24, 2.45) is 4.99 Å². The number of carbonyl (C=O) groups is 1. The molecule has 0 aliphatic rings. The molecule has 0 aromatic heterocycles. The fourth-order valence-electron chi connectivity index (χ4n) is 1.33. The van der Waals surface area contributed by atoms with Gasteiger partial charge >= 0.3 is 0 Å². The molecule has 0 bridgehead atoms. The third-order valence-corrected chi connectivity index (χ3v) is 3.12. The molecule has 0 heterocycles. The summed E-state index contributed by atoms with van der Waals surface area (Å²) < 4.78 is 5.32. The molecule has 1 atom stereocenters. The Bertz CT molecular complexity index is 322. The molecule has 6 nitrogen and oxygen atoms in total. The lowest BCUT2D eigenvalue weighted by Gasteiger charge is -2.24. The van der Waals surface area contributed by atoms with Gasteiger partial charge in [0.15, 0.2) is 5.96 Å². The van der Waals surface area contributed by atoms with Crippen molar-refractivity contribution in [1.29, 1.82) is 0 Å². The molecule has 0 aromatic rings. The predicted molar refractivity (Wildman–Crippen MR) is 98.4 cm³/mol. The van der Waals surface area contributed by atoms with Crippen LogP contribution in [0, 0.1) is 0 Å². The summed E-state index contributed by atoms with van der Waals surface area (Å²) in [6.07, 6.45) is 1.37. The monoisotopic (exact) mass is 414 g/mol. The van der Waals surface area contributed by atoms with E-state index >= 15 is 0 Å². The van der Waals surface area contributed by atoms with Gasteiger partial charge in [0.1, 0.15) is 0 Å². The van der Waals surface area contributed by atoms with E-state index in [4.69, 9.17) is 4.74 Å². The van der Waals surface area contributed by atoms with E-state index in [0.717, 1.165) is 6.42 Å². The van der Waals surface area contributed by atoms with E-state index in [-0.39, 0.29) is 41.5 Å². The first-order chi connectivity index (χ1) is 9.34. The van der Waals surface area contributed by atoms with Crippen LogP contribution in [0.3, 0.4) is 0 Å². The standard InChI is InChI=1S/C14H30N4O2.HI/c1-7-11(2)18-12(19)8-9-16-13(15-5)17-10-14(3,4)20-6;/h11H,7-10H2,1-6H3,(H,18,19)(H2,15,16,17);1H. The number of halogens is 1. The van der Waals surface area contributed by atoms with Crippen LogP contribution in [0.2, 0.25) is 0 Å². The zero-order valence-electron chi connectivity index (χ0n) is 14.1. The summed E-state index contributed by atoms with van der Waals surface area (Å²) in [5.41, 5.74) is -0.258. The van der Waals surface area contributed by atoms with E-state index in [1.54, 1.807) is 14.2 Å². The van der Waals surface area contributed by atoms with Crippen molar-refractivity contribution in [2.75, 3.05) is 27.2 Å². The van der Waals surface area contributed by atoms with Gasteiger partial charge in [0.05, 0.1) is 5.60 Å². The Morgan fingerprint density at radius 1 is 1.33 bits per heavy atom. The Morgan fingerprint density at radius 2 is 1.95 bits per heavy atom. The highest BCUT2D eigenvalue weighted by atomic mass is 127. The molecule has 0 rings (SSSR count). The molecule has 1 amide bonds. The first-order valence-electron chi connectivity index (χ1n) is 7.13. The normalized spacial score (nSPS) is 13.1. The van der Waals surface area contributed by atoms with Crippen molar-refractivity contribution in [1.82, 2.24) is 16.0 Å². The Morgan fingerprint density at radius 3 is 2.43 bits per heavy atom. The molecular weight excluding hydrogens is 383 g/mol. The van der Waals surface area contributed by atoms with Gasteiger partial charge in [-0.1, -0.05) is 6.92 Å². The van der Waals surface area contributed by atoms with Crippen LogP contribution in [0.1, 0.15) is 40.5 Å². The molecule has 21 heavy (non-hydrogen) atoms. The second-order valence-corrected chi connectivity index (χ2v) is 5.44. The van der Waals surface area contributed by atoms with E-state index in [1.165, 1.54) is 0 Å². The molecule has 7 heteroatoms. The van der Waals surface area contributed by atoms with Gasteiger partial charge in [-0.2, -0.15) is 0 Å². The molecule has 126 valence electrons. The Labute approximate surface area is 145 Å². The molecule has 0 saturated carbocycles. The molecule has 3 N–H and O–H groups in total. The predicted octanol–water partition coefficient (Wildman–Crippen LogP) is 1.50. The van der Waals surface area contributed by atoms with Gasteiger partial charge in [-0.15, -0.1) is 24.0 Å². The third-order valence-electron chi connectivity index (χ3n) is 3.12. The number of nitrogens with zero attached hydrogens (tertiary/aromatic N) is 1. The minimum Gasteiger partial charge on any atom is -0.377 e. The maximum Gasteiger partial charge on any atom is 0.221 e. The summed E-state index contributed by atoms with van der Waals surface area (Å²) in [5.74, 6) is 0.728. The number of hydrogen-bond donors (Lipinski definition) is 3. The molecule has 0 radical (unpaired) electrons. The van der Waals surface area contributed by atoms with Gasteiger partial charge in [-0.25, -0.2) is 0 Å². The highest BCUT2D eigenvalue weighted by Gasteiger charge is 2.16. The smallest absolute Gasteiger partial charge is 0.221 e. The molecule has 0 aliphatic carbocycles. The molecule has 0 aromatic carbocycles. The molecule has 0 saturated heterocycles. The number of rotatable bonds is 8. The van der Waals surface area contributed by atoms with Crippen molar-refractivity contribution in [3.8, 4) is 0 Å². The van der Waals surface area contributed by atoms with E-state index < -0.39 is 0 Å². The number of hydrogen-bond acceptors (Lipinski definition) is 3. The summed E-state index contributed by atoms with van der Waals surface area (Å²) in [5, 5.41) is 9.21. The maximum atomic E-state index is 11.6. The zero-order valence-corrected chi connectivity index (χ0v) is 16.4. The van der Waals surface area contributed by atoms with Crippen molar-refractivity contribution in [2.45, 2.75) is 52.2 Å². The van der Waals surface area contributed by atoms with Gasteiger partial charge in [0.25, 0.3) is 0 Å². The van der Waals surface area contributed by atoms with Crippen LogP contribution in [0.15, 0.2) is 4.99 Å². The number of amides is 1. The van der Waals surface area contributed by atoms with Gasteiger partial charge in [-0.05, 0) is 27.2 Å². The summed E-state index contributed by atoms with van der Waals surface area (Å²) in [7, 11) is 3.38. The average molecular weight is 414 g/mol. The fraction of sp³-hybridized carbons (Fsp3) is 0.857. The van der Waals surface area contributed by atoms with Gasteiger partial charge in [0.2, 0.25) is 5.91 Å². The minimum absolute atomic E-state index is 0. The third kappa shape index (κ3) is 11.7. The van der Waals surface area contributed by atoms with Crippen LogP contribution in [-0.4, -0.2) is 50.8 Å². The average Bonchev–Trinajstić information content (AvgIpc) is 2.42. The largest absolute Gasteiger partial charge is 0.377 e. The van der Waals surface area contributed by atoms with E-state index in [9.17, 15) is 4.79 Å². The maximum absolute atomic E-state index is 11.6. The van der Waals surface area contributed by atoms with Crippen molar-refractivity contribution in [3.63, 3.8) is 0 Å².